The van der Waals surface area contributed by atoms with Crippen LogP contribution in [0.5, 0.6) is 0 Å². The third-order valence-corrected chi connectivity index (χ3v) is 7.12. The van der Waals surface area contributed by atoms with Crippen molar-refractivity contribution < 1.29 is 4.79 Å². The van der Waals surface area contributed by atoms with Crippen LogP contribution in [0.3, 0.4) is 0 Å². The standard InChI is InChI=1S/C21H24ClN3O2/c1-2-7-25(21(27)19-17-11-3-4-12(8-11)18(17)19)10-16-23-15-9-13(22)5-6-14(15)20(26)24-16/h5-6,9,11-12,17-19H,2-4,7-8,10H2,1H3,(H,23,24,26). The number of hydrogen-bond donors (Lipinski definition) is 1. The minimum Gasteiger partial charge on any atom is -0.335 e. The largest absolute Gasteiger partial charge is 0.335 e. The Labute approximate surface area is 163 Å². The van der Waals surface area contributed by atoms with Gasteiger partial charge < -0.3 is 9.88 Å². The summed E-state index contributed by atoms with van der Waals surface area (Å²) >= 11 is 6.05. The zero-order valence-electron chi connectivity index (χ0n) is 15.5. The maximum Gasteiger partial charge on any atom is 0.258 e. The van der Waals surface area contributed by atoms with Crippen molar-refractivity contribution in [2.24, 2.45) is 29.6 Å². The highest BCUT2D eigenvalue weighted by atomic mass is 35.5. The summed E-state index contributed by atoms with van der Waals surface area (Å²) in [5.74, 6) is 3.81. The number of hydrogen-bond acceptors (Lipinski definition) is 3. The third-order valence-electron chi connectivity index (χ3n) is 6.88. The van der Waals surface area contributed by atoms with E-state index in [0.29, 0.717) is 46.7 Å². The van der Waals surface area contributed by atoms with Gasteiger partial charge in [-0.05, 0) is 67.6 Å². The molecule has 6 heteroatoms. The molecule has 1 N–H and O–H groups in total. The molecular formula is C21H24ClN3O2. The van der Waals surface area contributed by atoms with Crippen molar-refractivity contribution in [2.75, 3.05) is 6.54 Å². The second kappa shape index (κ2) is 6.33. The van der Waals surface area contributed by atoms with Crippen LogP contribution in [0.2, 0.25) is 5.02 Å². The molecule has 1 aromatic carbocycles. The van der Waals surface area contributed by atoms with Gasteiger partial charge in [-0.15, -0.1) is 0 Å². The number of halogens is 1. The lowest BCUT2D eigenvalue weighted by atomic mass is 10.0. The summed E-state index contributed by atoms with van der Waals surface area (Å²) in [6, 6.07) is 5.07. The Morgan fingerprint density at radius 3 is 2.74 bits per heavy atom. The maximum absolute atomic E-state index is 13.2. The van der Waals surface area contributed by atoms with Gasteiger partial charge in [0.2, 0.25) is 5.91 Å². The molecular weight excluding hydrogens is 362 g/mol. The van der Waals surface area contributed by atoms with Crippen molar-refractivity contribution in [2.45, 2.75) is 39.2 Å². The number of benzene rings is 1. The monoisotopic (exact) mass is 385 g/mol. The fourth-order valence-electron chi connectivity index (χ4n) is 5.82. The molecule has 3 saturated carbocycles. The summed E-state index contributed by atoms with van der Waals surface area (Å²) in [4.78, 5) is 34.9. The highest BCUT2D eigenvalue weighted by molar-refractivity contribution is 6.31. The van der Waals surface area contributed by atoms with Gasteiger partial charge in [0, 0.05) is 17.5 Å². The molecule has 1 aromatic heterocycles. The van der Waals surface area contributed by atoms with Gasteiger partial charge >= 0.3 is 0 Å². The number of rotatable bonds is 5. The Kier molecular flexibility index (Phi) is 4.04. The summed E-state index contributed by atoms with van der Waals surface area (Å²) in [6.45, 7) is 3.13. The zero-order valence-corrected chi connectivity index (χ0v) is 16.2. The first kappa shape index (κ1) is 17.2. The molecule has 27 heavy (non-hydrogen) atoms. The smallest absolute Gasteiger partial charge is 0.258 e. The molecule has 2 bridgehead atoms. The number of aromatic amines is 1. The Morgan fingerprint density at radius 1 is 1.30 bits per heavy atom. The number of carbonyl (C=O) groups excluding carboxylic acids is 1. The number of carbonyl (C=O) groups is 1. The molecule has 142 valence electrons. The van der Waals surface area contributed by atoms with Gasteiger partial charge in [-0.25, -0.2) is 4.98 Å². The number of nitrogens with zero attached hydrogens (tertiary/aromatic N) is 2. The summed E-state index contributed by atoms with van der Waals surface area (Å²) in [5, 5.41) is 1.07. The van der Waals surface area contributed by atoms with Crippen molar-refractivity contribution in [3.8, 4) is 0 Å². The van der Waals surface area contributed by atoms with E-state index in [1.807, 2.05) is 4.90 Å². The topological polar surface area (TPSA) is 66.1 Å². The molecule has 0 aliphatic heterocycles. The molecule has 5 nitrogen and oxygen atoms in total. The second-order valence-corrected chi connectivity index (χ2v) is 8.88. The average Bonchev–Trinajstić information content (AvgIpc) is 3.06. The van der Waals surface area contributed by atoms with Crippen LogP contribution in [0.25, 0.3) is 10.9 Å². The number of amides is 1. The normalized spacial score (nSPS) is 30.5. The van der Waals surface area contributed by atoms with Crippen LogP contribution in [0.4, 0.5) is 0 Å². The first-order chi connectivity index (χ1) is 13.1. The zero-order chi connectivity index (χ0) is 18.7. The van der Waals surface area contributed by atoms with Crippen molar-refractivity contribution in [3.05, 3.63) is 39.4 Å². The fourth-order valence-corrected chi connectivity index (χ4v) is 5.99. The molecule has 1 amide bonds. The molecule has 4 unspecified atom stereocenters. The first-order valence-corrected chi connectivity index (χ1v) is 10.4. The predicted molar refractivity (Wildman–Crippen MR) is 104 cm³/mol. The van der Waals surface area contributed by atoms with E-state index in [2.05, 4.69) is 16.9 Å². The molecule has 0 spiro atoms. The molecule has 5 rings (SSSR count). The molecule has 3 aliphatic rings. The van der Waals surface area contributed by atoms with E-state index in [4.69, 9.17) is 11.6 Å². The summed E-state index contributed by atoms with van der Waals surface area (Å²) < 4.78 is 0. The Morgan fingerprint density at radius 2 is 2.04 bits per heavy atom. The quantitative estimate of drug-likeness (QED) is 0.855. The molecule has 1 heterocycles. The van der Waals surface area contributed by atoms with Crippen molar-refractivity contribution in [1.29, 1.82) is 0 Å². The molecule has 3 aliphatic carbocycles. The molecule has 2 aromatic rings. The lowest BCUT2D eigenvalue weighted by Crippen LogP contribution is -2.35. The first-order valence-electron chi connectivity index (χ1n) is 10.0. The number of nitrogens with one attached hydrogen (secondary N) is 1. The third kappa shape index (κ3) is 2.78. The Bertz CT molecular complexity index is 956. The summed E-state index contributed by atoms with van der Waals surface area (Å²) in [5.41, 5.74) is 0.392. The van der Waals surface area contributed by atoms with E-state index in [1.165, 1.54) is 19.3 Å². The van der Waals surface area contributed by atoms with Crippen molar-refractivity contribution >= 4 is 28.4 Å². The van der Waals surface area contributed by atoms with E-state index < -0.39 is 0 Å². The van der Waals surface area contributed by atoms with Crippen LogP contribution in [0.15, 0.2) is 23.0 Å². The highest BCUT2D eigenvalue weighted by Crippen LogP contribution is 2.69. The van der Waals surface area contributed by atoms with Crippen LogP contribution in [0, 0.1) is 29.6 Å². The Balaban J connectivity index is 1.39. The van der Waals surface area contributed by atoms with E-state index >= 15 is 0 Å². The van der Waals surface area contributed by atoms with Crippen molar-refractivity contribution in [1.82, 2.24) is 14.9 Å². The van der Waals surface area contributed by atoms with E-state index in [0.717, 1.165) is 18.3 Å². The maximum atomic E-state index is 13.2. The number of H-pyrrole nitrogens is 1. The van der Waals surface area contributed by atoms with Gasteiger partial charge in [0.15, 0.2) is 0 Å². The molecule has 4 atom stereocenters. The van der Waals surface area contributed by atoms with E-state index in [1.54, 1.807) is 18.2 Å². The predicted octanol–water partition coefficient (Wildman–Crippen LogP) is 3.61. The van der Waals surface area contributed by atoms with E-state index in [-0.39, 0.29) is 17.4 Å². The summed E-state index contributed by atoms with van der Waals surface area (Å²) in [6.07, 6.45) is 4.85. The lowest BCUT2D eigenvalue weighted by molar-refractivity contribution is -0.134. The minimum atomic E-state index is -0.183. The fraction of sp³-hybridized carbons (Fsp3) is 0.571. The molecule has 0 radical (unpaired) electrons. The molecule has 0 saturated heterocycles. The van der Waals surface area contributed by atoms with Crippen LogP contribution in [0.1, 0.15) is 38.4 Å². The van der Waals surface area contributed by atoms with Crippen LogP contribution >= 0.6 is 11.6 Å². The minimum absolute atomic E-state index is 0.183. The van der Waals surface area contributed by atoms with Crippen LogP contribution in [-0.4, -0.2) is 27.3 Å². The van der Waals surface area contributed by atoms with Crippen molar-refractivity contribution in [3.63, 3.8) is 0 Å². The Hall–Kier alpha value is -1.88. The van der Waals surface area contributed by atoms with Crippen LogP contribution in [-0.2, 0) is 11.3 Å². The summed E-state index contributed by atoms with van der Waals surface area (Å²) in [7, 11) is 0. The van der Waals surface area contributed by atoms with Gasteiger partial charge in [-0.1, -0.05) is 18.5 Å². The SMILES string of the molecule is CCCN(Cc1nc2cc(Cl)ccc2c(=O)[nH]1)C(=O)C1C2C3CCC(C3)C12. The van der Waals surface area contributed by atoms with E-state index in [9.17, 15) is 9.59 Å². The second-order valence-electron chi connectivity index (χ2n) is 8.45. The number of aromatic nitrogens is 2. The van der Waals surface area contributed by atoms with Gasteiger partial charge in [-0.3, -0.25) is 9.59 Å². The highest BCUT2D eigenvalue weighted by Gasteiger charge is 2.67. The van der Waals surface area contributed by atoms with Gasteiger partial charge in [-0.2, -0.15) is 0 Å². The lowest BCUT2D eigenvalue weighted by Gasteiger charge is -2.23. The molecule has 3 fully saturated rings. The van der Waals surface area contributed by atoms with Crippen LogP contribution < -0.4 is 5.56 Å². The van der Waals surface area contributed by atoms with Gasteiger partial charge in [0.25, 0.3) is 5.56 Å². The van der Waals surface area contributed by atoms with Gasteiger partial charge in [0.05, 0.1) is 17.4 Å². The average molecular weight is 386 g/mol. The number of fused-ring (bicyclic) bond motifs is 6. The van der Waals surface area contributed by atoms with Gasteiger partial charge in [0.1, 0.15) is 5.82 Å².